The highest BCUT2D eigenvalue weighted by Crippen LogP contribution is 2.70. The molecule has 0 unspecified atom stereocenters. The van der Waals surface area contributed by atoms with Crippen LogP contribution < -0.4 is 0 Å². The fourth-order valence-electron chi connectivity index (χ4n) is 6.24. The lowest BCUT2D eigenvalue weighted by Crippen LogP contribution is -2.50. The van der Waals surface area contributed by atoms with Gasteiger partial charge in [0.25, 0.3) is 5.54 Å². The lowest BCUT2D eigenvalue weighted by molar-refractivity contribution is -0.583. The van der Waals surface area contributed by atoms with Gasteiger partial charge in [-0.3, -0.25) is 15.0 Å². The van der Waals surface area contributed by atoms with Crippen LogP contribution in [0.15, 0.2) is 30.3 Å². The van der Waals surface area contributed by atoms with E-state index in [1.807, 2.05) is 35.4 Å². The summed E-state index contributed by atoms with van der Waals surface area (Å²) in [5.41, 5.74) is -0.316. The van der Waals surface area contributed by atoms with Gasteiger partial charge < -0.3 is 4.74 Å². The number of hydrogen-bond acceptors (Lipinski definition) is 5. The zero-order valence-corrected chi connectivity index (χ0v) is 15.7. The SMILES string of the molecule is CC1(C)[C@@H]2CC[C@@]1(C)[C@@H]1O[C@@H]3N(O[C@@H](c4ccccc4)[C@]3(C)[N+](=O)[O-])[C@H]21. The van der Waals surface area contributed by atoms with Gasteiger partial charge in [-0.25, -0.2) is 0 Å². The van der Waals surface area contributed by atoms with Gasteiger partial charge in [-0.2, -0.15) is 0 Å². The molecule has 2 saturated heterocycles. The van der Waals surface area contributed by atoms with Crippen molar-refractivity contribution in [3.8, 4) is 0 Å². The van der Waals surface area contributed by atoms with Gasteiger partial charge >= 0.3 is 0 Å². The van der Waals surface area contributed by atoms with Crippen molar-refractivity contribution in [1.29, 1.82) is 0 Å². The number of hydroxylamine groups is 2. The first kappa shape index (κ1) is 16.7. The highest BCUT2D eigenvalue weighted by Gasteiger charge is 2.78. The molecule has 2 aliphatic heterocycles. The van der Waals surface area contributed by atoms with Gasteiger partial charge in [0.15, 0.2) is 6.10 Å². The molecule has 0 amide bonds. The van der Waals surface area contributed by atoms with E-state index >= 15 is 0 Å². The molecule has 6 heteroatoms. The van der Waals surface area contributed by atoms with Gasteiger partial charge in [-0.15, -0.1) is 5.06 Å². The maximum absolute atomic E-state index is 12.2. The second-order valence-corrected chi connectivity index (χ2v) is 9.42. The number of nitro groups is 1. The summed E-state index contributed by atoms with van der Waals surface area (Å²) in [6.45, 7) is 8.60. The fraction of sp³-hybridized carbons (Fsp3) is 0.700. The smallest absolute Gasteiger partial charge is 0.292 e. The summed E-state index contributed by atoms with van der Waals surface area (Å²) < 4.78 is 6.47. The van der Waals surface area contributed by atoms with Crippen molar-refractivity contribution >= 4 is 0 Å². The Morgan fingerprint density at radius 2 is 1.88 bits per heavy atom. The third-order valence-electron chi connectivity index (χ3n) is 8.28. The molecule has 6 nitrogen and oxygen atoms in total. The maximum Gasteiger partial charge on any atom is 0.292 e. The molecule has 4 fully saturated rings. The third kappa shape index (κ3) is 1.65. The van der Waals surface area contributed by atoms with Gasteiger partial charge in [0, 0.05) is 17.3 Å². The van der Waals surface area contributed by atoms with Crippen LogP contribution in [0, 0.1) is 26.9 Å². The number of hydrogen-bond donors (Lipinski definition) is 0. The van der Waals surface area contributed by atoms with Crippen molar-refractivity contribution in [2.45, 2.75) is 70.6 Å². The third-order valence-corrected chi connectivity index (χ3v) is 8.28. The molecule has 2 heterocycles. The summed E-state index contributed by atoms with van der Waals surface area (Å²) in [6, 6.07) is 9.61. The number of benzene rings is 1. The Bertz CT molecular complexity index is 768. The van der Waals surface area contributed by atoms with E-state index in [0.717, 1.165) is 18.4 Å². The maximum atomic E-state index is 12.2. The molecule has 2 bridgehead atoms. The molecule has 0 radical (unpaired) electrons. The van der Waals surface area contributed by atoms with E-state index in [-0.39, 0.29) is 27.9 Å². The lowest BCUT2D eigenvalue weighted by Gasteiger charge is -2.38. The highest BCUT2D eigenvalue weighted by molar-refractivity contribution is 5.26. The molecule has 140 valence electrons. The summed E-state index contributed by atoms with van der Waals surface area (Å²) in [4.78, 5) is 18.3. The second-order valence-electron chi connectivity index (χ2n) is 9.42. The van der Waals surface area contributed by atoms with Crippen LogP contribution in [0.25, 0.3) is 0 Å². The monoisotopic (exact) mass is 358 g/mol. The molecule has 4 aliphatic rings. The predicted octanol–water partition coefficient (Wildman–Crippen LogP) is 3.56. The summed E-state index contributed by atoms with van der Waals surface area (Å²) in [5, 5.41) is 14.0. The van der Waals surface area contributed by atoms with E-state index in [9.17, 15) is 10.1 Å². The topological polar surface area (TPSA) is 64.8 Å². The van der Waals surface area contributed by atoms with Gasteiger partial charge in [0.05, 0.1) is 12.1 Å². The molecule has 7 atom stereocenters. The quantitative estimate of drug-likeness (QED) is 0.597. The minimum absolute atomic E-state index is 0.00255. The summed E-state index contributed by atoms with van der Waals surface area (Å²) in [6.07, 6.45) is 0.959. The molecule has 2 aliphatic carbocycles. The molecule has 1 aromatic carbocycles. The zero-order valence-electron chi connectivity index (χ0n) is 15.7. The largest absolute Gasteiger partial charge is 0.348 e. The number of nitrogens with zero attached hydrogens (tertiary/aromatic N) is 2. The first-order chi connectivity index (χ1) is 12.2. The van der Waals surface area contributed by atoms with Crippen LogP contribution in [0.1, 0.15) is 52.2 Å². The van der Waals surface area contributed by atoms with Crippen LogP contribution in [0.5, 0.6) is 0 Å². The zero-order chi connectivity index (χ0) is 18.5. The minimum atomic E-state index is -1.33. The minimum Gasteiger partial charge on any atom is -0.348 e. The fourth-order valence-corrected chi connectivity index (χ4v) is 6.24. The normalized spacial score (nSPS) is 48.5. The van der Waals surface area contributed by atoms with E-state index in [1.165, 1.54) is 0 Å². The van der Waals surface area contributed by atoms with Crippen LogP contribution in [0.3, 0.4) is 0 Å². The number of fused-ring (bicyclic) bond motifs is 7. The van der Waals surface area contributed by atoms with Crippen molar-refractivity contribution < 1.29 is 14.5 Å². The Balaban J connectivity index is 1.58. The first-order valence-electron chi connectivity index (χ1n) is 9.53. The Kier molecular flexibility index (Phi) is 3.11. The van der Waals surface area contributed by atoms with E-state index in [2.05, 4.69) is 20.8 Å². The van der Waals surface area contributed by atoms with Gasteiger partial charge in [0.2, 0.25) is 6.23 Å². The Hall–Kier alpha value is -1.50. The summed E-state index contributed by atoms with van der Waals surface area (Å²) in [7, 11) is 0. The van der Waals surface area contributed by atoms with Crippen molar-refractivity contribution in [1.82, 2.24) is 5.06 Å². The molecule has 0 spiro atoms. The predicted molar refractivity (Wildman–Crippen MR) is 94.6 cm³/mol. The first-order valence-corrected chi connectivity index (χ1v) is 9.53. The molecule has 26 heavy (non-hydrogen) atoms. The van der Waals surface area contributed by atoms with Crippen LogP contribution >= 0.6 is 0 Å². The van der Waals surface area contributed by atoms with Gasteiger partial charge in [-0.1, -0.05) is 51.1 Å². The average Bonchev–Trinajstić information content (AvgIpc) is 3.23. The van der Waals surface area contributed by atoms with Crippen LogP contribution in [-0.4, -0.2) is 33.9 Å². The van der Waals surface area contributed by atoms with Crippen molar-refractivity contribution in [2.24, 2.45) is 16.7 Å². The molecular weight excluding hydrogens is 332 g/mol. The van der Waals surface area contributed by atoms with Crippen LogP contribution in [0.4, 0.5) is 0 Å². The van der Waals surface area contributed by atoms with Crippen molar-refractivity contribution in [3.05, 3.63) is 46.0 Å². The van der Waals surface area contributed by atoms with Gasteiger partial charge in [0.1, 0.15) is 0 Å². The summed E-state index contributed by atoms with van der Waals surface area (Å²) >= 11 is 0. The van der Waals surface area contributed by atoms with E-state index < -0.39 is 17.9 Å². The average molecular weight is 358 g/mol. The molecule has 1 aromatic rings. The lowest BCUT2D eigenvalue weighted by atomic mass is 9.70. The molecule has 0 aromatic heterocycles. The van der Waals surface area contributed by atoms with Gasteiger partial charge in [-0.05, 0) is 29.7 Å². The number of rotatable bonds is 2. The molecular formula is C20H26N2O4. The van der Waals surface area contributed by atoms with Crippen molar-refractivity contribution in [3.63, 3.8) is 0 Å². The van der Waals surface area contributed by atoms with Crippen molar-refractivity contribution in [2.75, 3.05) is 0 Å². The highest BCUT2D eigenvalue weighted by atomic mass is 16.8. The molecule has 5 rings (SSSR count). The standard InChI is InChI=1S/C20H26N2O4/c1-18(2)13-10-11-19(18,3)16-14(13)21-17(25-16)20(4,22(23)24)15(26-21)12-8-6-5-7-9-12/h5-9,13-17H,10-11H2,1-4H3/t13-,14-,15+,16-,17+,19+,20+/m1/s1. The van der Waals surface area contributed by atoms with E-state index in [0.29, 0.717) is 5.92 Å². The van der Waals surface area contributed by atoms with E-state index in [1.54, 1.807) is 6.92 Å². The summed E-state index contributed by atoms with van der Waals surface area (Å²) in [5.74, 6) is 0.438. The Labute approximate surface area is 153 Å². The van der Waals surface area contributed by atoms with E-state index in [4.69, 9.17) is 9.57 Å². The second kappa shape index (κ2) is 4.86. The van der Waals surface area contributed by atoms with Crippen LogP contribution in [0.2, 0.25) is 0 Å². The number of ether oxygens (including phenoxy) is 1. The Morgan fingerprint density at radius 1 is 1.19 bits per heavy atom. The molecule has 2 saturated carbocycles. The molecule has 0 N–H and O–H groups in total. The Morgan fingerprint density at radius 3 is 2.54 bits per heavy atom. The van der Waals surface area contributed by atoms with Crippen LogP contribution in [-0.2, 0) is 9.57 Å².